The number of ether oxygens (including phenoxy) is 8. The molecule has 16 heteroatoms. The summed E-state index contributed by atoms with van der Waals surface area (Å²) in [6.45, 7) is 11.8. The summed E-state index contributed by atoms with van der Waals surface area (Å²) >= 11 is 0. The van der Waals surface area contributed by atoms with E-state index in [0.717, 1.165) is 0 Å². The lowest BCUT2D eigenvalue weighted by Crippen LogP contribution is -2.66. The molecule has 0 aliphatic carbocycles. The van der Waals surface area contributed by atoms with Gasteiger partial charge in [0, 0.05) is 39.2 Å². The van der Waals surface area contributed by atoms with Gasteiger partial charge >= 0.3 is 17.9 Å². The van der Waals surface area contributed by atoms with Gasteiger partial charge in [-0.05, 0) is 60.0 Å². The number of esters is 3. The fraction of sp³-hybridized carbons (Fsp3) is 0.805. The van der Waals surface area contributed by atoms with Gasteiger partial charge in [-0.3, -0.25) is 14.4 Å². The third kappa shape index (κ3) is 13.6. The van der Waals surface area contributed by atoms with Crippen molar-refractivity contribution >= 4 is 24.2 Å². The third-order valence-corrected chi connectivity index (χ3v) is 10.9. The van der Waals surface area contributed by atoms with Crippen LogP contribution in [0, 0.1) is 11.8 Å². The van der Waals surface area contributed by atoms with Crippen molar-refractivity contribution in [2.75, 3.05) is 21.2 Å². The topological polar surface area (TPSA) is 206 Å². The number of rotatable bonds is 12. The summed E-state index contributed by atoms with van der Waals surface area (Å²) in [6.07, 6.45) is -4.08. The van der Waals surface area contributed by atoms with Crippen LogP contribution in [0.1, 0.15) is 93.4 Å². The minimum Gasteiger partial charge on any atom is -0.462 e. The Hall–Kier alpha value is -2.80. The molecule has 16 nitrogen and oxygen atoms in total. The summed E-state index contributed by atoms with van der Waals surface area (Å²) in [5.41, 5.74) is -1.49. The van der Waals surface area contributed by atoms with E-state index in [0.29, 0.717) is 12.7 Å². The van der Waals surface area contributed by atoms with Gasteiger partial charge in [-0.25, -0.2) is 0 Å². The number of aliphatic hydroxyl groups is 3. The van der Waals surface area contributed by atoms with Crippen LogP contribution in [0.15, 0.2) is 24.3 Å². The monoisotopic (exact) mass is 813 g/mol. The van der Waals surface area contributed by atoms with E-state index in [1.807, 2.05) is 13.0 Å². The Morgan fingerprint density at radius 3 is 2.23 bits per heavy atom. The van der Waals surface area contributed by atoms with Crippen molar-refractivity contribution in [3.63, 3.8) is 0 Å². The molecule has 3 aliphatic heterocycles. The number of cyclic esters (lactones) is 1. The molecule has 0 spiro atoms. The van der Waals surface area contributed by atoms with E-state index in [9.17, 15) is 34.5 Å². The van der Waals surface area contributed by atoms with Crippen molar-refractivity contribution < 1.29 is 72.4 Å². The highest BCUT2D eigenvalue weighted by Crippen LogP contribution is 2.37. The van der Waals surface area contributed by atoms with Crippen molar-refractivity contribution in [3.05, 3.63) is 24.3 Å². The molecule has 3 rings (SSSR count). The zero-order valence-electron chi connectivity index (χ0n) is 35.2. The Morgan fingerprint density at radius 2 is 1.63 bits per heavy atom. The van der Waals surface area contributed by atoms with Crippen LogP contribution in [0.4, 0.5) is 0 Å². The van der Waals surface area contributed by atoms with Gasteiger partial charge in [0.25, 0.3) is 0 Å². The Kier molecular flexibility index (Phi) is 19.2. The molecule has 0 radical (unpaired) electrons. The van der Waals surface area contributed by atoms with Crippen LogP contribution in [-0.4, -0.2) is 151 Å². The summed E-state index contributed by atoms with van der Waals surface area (Å²) in [4.78, 5) is 52.3. The number of nitrogens with zero attached hydrogens (tertiary/aromatic N) is 1. The number of carbonyl (C=O) groups is 4. The zero-order valence-corrected chi connectivity index (χ0v) is 35.2. The first-order chi connectivity index (χ1) is 26.9. The predicted molar refractivity (Wildman–Crippen MR) is 205 cm³/mol. The minimum atomic E-state index is -1.49. The van der Waals surface area contributed by atoms with E-state index >= 15 is 0 Å². The van der Waals surface area contributed by atoms with Crippen LogP contribution in [0.5, 0.6) is 0 Å². The number of methoxy groups -OCH3 is 1. The smallest absolute Gasteiger partial charge is 0.309 e. The van der Waals surface area contributed by atoms with Gasteiger partial charge in [-0.1, -0.05) is 45.1 Å². The van der Waals surface area contributed by atoms with E-state index in [1.165, 1.54) is 7.11 Å². The Morgan fingerprint density at radius 1 is 0.965 bits per heavy atom. The average molecular weight is 814 g/mol. The number of carbonyl (C=O) groups excluding carboxylic acids is 4. The summed E-state index contributed by atoms with van der Waals surface area (Å²) in [5.74, 6) is -2.82. The standard InChI is InChI=1S/C41H67NO15/c1-11-30(45)54-29-21-32(47)51-24(4)16-14-13-15-17-28(44)23(3)20-27(18-19-43)37(38(29)50-10)57-40-35(48)34(42(8)9)36(25(5)53-40)56-33-22-41(7,49)39(26(6)52-33)55-31(46)12-2/h13-15,17,19,23-29,33-40,44,48-49H,11-12,16,18,20-22H2,1-10H3/b14-13+,17-15+/t23-,24-,25-,26+,27+,28+,29+,33+,34-,35-,36-,37+,38+,39+,40+,41-/m1/s1. The quantitative estimate of drug-likeness (QED) is 0.147. The molecule has 3 aliphatic rings. The van der Waals surface area contributed by atoms with Crippen molar-refractivity contribution in [2.45, 2.75) is 179 Å². The molecule has 16 atom stereocenters. The second kappa shape index (κ2) is 22.5. The second-order valence-corrected chi connectivity index (χ2v) is 16.0. The van der Waals surface area contributed by atoms with Gasteiger partial charge in [0.2, 0.25) is 0 Å². The van der Waals surface area contributed by atoms with E-state index in [4.69, 9.17) is 37.9 Å². The fourth-order valence-corrected chi connectivity index (χ4v) is 7.82. The highest BCUT2D eigenvalue weighted by Gasteiger charge is 2.53. The van der Waals surface area contributed by atoms with E-state index < -0.39 is 121 Å². The Bertz CT molecular complexity index is 1350. The molecule has 326 valence electrons. The molecule has 0 aromatic heterocycles. The van der Waals surface area contributed by atoms with E-state index in [1.54, 1.807) is 78.8 Å². The summed E-state index contributed by atoms with van der Waals surface area (Å²) in [5, 5.41) is 34.5. The van der Waals surface area contributed by atoms with Crippen LogP contribution < -0.4 is 0 Å². The van der Waals surface area contributed by atoms with Crippen LogP contribution in [0.3, 0.4) is 0 Å². The zero-order chi connectivity index (χ0) is 42.6. The molecule has 3 heterocycles. The number of aldehydes is 1. The van der Waals surface area contributed by atoms with Crippen LogP contribution in [0.2, 0.25) is 0 Å². The number of allylic oxidation sites excluding steroid dienone is 2. The van der Waals surface area contributed by atoms with E-state index in [2.05, 4.69) is 0 Å². The molecule has 3 N–H and O–H groups in total. The molecule has 57 heavy (non-hydrogen) atoms. The van der Waals surface area contributed by atoms with Crippen molar-refractivity contribution in [1.82, 2.24) is 4.90 Å². The van der Waals surface area contributed by atoms with Gasteiger partial charge in [-0.15, -0.1) is 0 Å². The maximum Gasteiger partial charge on any atom is 0.309 e. The molecule has 0 amide bonds. The molecule has 0 aromatic carbocycles. The molecule has 0 saturated carbocycles. The lowest BCUT2D eigenvalue weighted by molar-refractivity contribution is -0.344. The van der Waals surface area contributed by atoms with Crippen LogP contribution in [0.25, 0.3) is 0 Å². The average Bonchev–Trinajstić information content (AvgIpc) is 3.13. The maximum atomic E-state index is 13.3. The molecule has 2 saturated heterocycles. The normalized spacial score (nSPS) is 41.1. The second-order valence-electron chi connectivity index (χ2n) is 16.0. The molecule has 0 aromatic rings. The number of hydrogen-bond donors (Lipinski definition) is 3. The predicted octanol–water partition coefficient (Wildman–Crippen LogP) is 2.77. The summed E-state index contributed by atoms with van der Waals surface area (Å²) in [6, 6.07) is -0.779. The highest BCUT2D eigenvalue weighted by atomic mass is 16.7. The lowest BCUT2D eigenvalue weighted by atomic mass is 9.82. The SMILES string of the molecule is CCC(=O)O[C@H]1CC(=O)O[C@H](C)C/C=C/C=C/[C@H](O)[C@H](C)C[C@H](CC=O)[C@H](O[C@@H]2O[C@H](C)[C@@H](O[C@H]3C[C@@](C)(O)[C@@H](OC(=O)CC)[C@H](C)O3)[C@H](N(C)C)[C@H]2O)[C@H]1OC. The molecule has 0 bridgehead atoms. The molecule has 0 unspecified atom stereocenters. The van der Waals surface area contributed by atoms with Crippen molar-refractivity contribution in [2.24, 2.45) is 11.8 Å². The Labute approximate surface area is 337 Å². The van der Waals surface area contributed by atoms with Crippen molar-refractivity contribution in [1.29, 1.82) is 0 Å². The van der Waals surface area contributed by atoms with Gasteiger partial charge < -0.3 is 62.9 Å². The van der Waals surface area contributed by atoms with Crippen LogP contribution >= 0.6 is 0 Å². The van der Waals surface area contributed by atoms with E-state index in [-0.39, 0.29) is 32.1 Å². The highest BCUT2D eigenvalue weighted by molar-refractivity contribution is 5.72. The van der Waals surface area contributed by atoms with Gasteiger partial charge in [0.15, 0.2) is 18.7 Å². The fourth-order valence-electron chi connectivity index (χ4n) is 7.82. The number of likely N-dealkylation sites (N-methyl/N-ethyl adjacent to an activating group) is 1. The van der Waals surface area contributed by atoms with Gasteiger partial charge in [0.1, 0.15) is 42.4 Å². The summed E-state index contributed by atoms with van der Waals surface area (Å²) < 4.78 is 48.5. The Balaban J connectivity index is 2.01. The third-order valence-electron chi connectivity index (χ3n) is 10.9. The first kappa shape index (κ1) is 48.6. The molecule has 2 fully saturated rings. The minimum absolute atomic E-state index is 0.000633. The van der Waals surface area contributed by atoms with Crippen molar-refractivity contribution in [3.8, 4) is 0 Å². The lowest BCUT2D eigenvalue weighted by Gasteiger charge is -2.50. The molecular formula is C41H67NO15. The largest absolute Gasteiger partial charge is 0.462 e. The van der Waals surface area contributed by atoms with Crippen LogP contribution in [-0.2, 0) is 57.1 Å². The maximum absolute atomic E-state index is 13.3. The summed E-state index contributed by atoms with van der Waals surface area (Å²) in [7, 11) is 4.86. The van der Waals surface area contributed by atoms with Gasteiger partial charge in [-0.2, -0.15) is 0 Å². The first-order valence-corrected chi connectivity index (χ1v) is 20.1. The van der Waals surface area contributed by atoms with Gasteiger partial charge in [0.05, 0.1) is 36.9 Å². The number of hydrogen-bond acceptors (Lipinski definition) is 16. The molecular weight excluding hydrogens is 746 g/mol. The first-order valence-electron chi connectivity index (χ1n) is 20.1. The number of aliphatic hydroxyl groups excluding tert-OH is 2.